The van der Waals surface area contributed by atoms with Crippen LogP contribution in [0.2, 0.25) is 0 Å². The van der Waals surface area contributed by atoms with E-state index in [9.17, 15) is 4.79 Å². The van der Waals surface area contributed by atoms with Crippen molar-refractivity contribution in [3.8, 4) is 0 Å². The first-order valence-electron chi connectivity index (χ1n) is 6.28. The maximum Gasteiger partial charge on any atom is 0.367 e. The van der Waals surface area contributed by atoms with Gasteiger partial charge in [-0.1, -0.05) is 0 Å². The fourth-order valence-electron chi connectivity index (χ4n) is 2.01. The van der Waals surface area contributed by atoms with Crippen molar-refractivity contribution in [3.63, 3.8) is 0 Å². The molecule has 18 heavy (non-hydrogen) atoms. The largest absolute Gasteiger partial charge is 0.461 e. The second-order valence-corrected chi connectivity index (χ2v) is 5.34. The summed E-state index contributed by atoms with van der Waals surface area (Å²) in [7, 11) is 0. The van der Waals surface area contributed by atoms with Gasteiger partial charge in [-0.15, -0.1) is 11.3 Å². The van der Waals surface area contributed by atoms with Crippen molar-refractivity contribution in [1.29, 1.82) is 0 Å². The highest BCUT2D eigenvalue weighted by molar-refractivity contribution is 7.11. The Balaban J connectivity index is 1.88. The zero-order valence-electron chi connectivity index (χ0n) is 10.6. The van der Waals surface area contributed by atoms with E-state index in [1.807, 2.05) is 5.38 Å². The molecule has 6 heteroatoms. The molecule has 1 saturated heterocycles. The van der Waals surface area contributed by atoms with E-state index in [0.29, 0.717) is 17.7 Å². The van der Waals surface area contributed by atoms with Crippen LogP contribution in [-0.4, -0.2) is 41.6 Å². The average Bonchev–Trinajstić information content (AvgIpc) is 2.81. The molecular weight excluding hydrogens is 250 g/mol. The molecule has 5 nitrogen and oxygen atoms in total. The molecule has 0 atom stereocenters. The van der Waals surface area contributed by atoms with Gasteiger partial charge >= 0.3 is 5.97 Å². The number of carbonyl (C=O) groups is 1. The number of hydrogen-bond acceptors (Lipinski definition) is 6. The summed E-state index contributed by atoms with van der Waals surface area (Å²) in [6.45, 7) is 4.99. The van der Waals surface area contributed by atoms with Crippen molar-refractivity contribution in [3.05, 3.63) is 16.1 Å². The Kier molecular flexibility index (Phi) is 4.68. The number of aromatic nitrogens is 1. The first-order chi connectivity index (χ1) is 8.69. The molecule has 0 aliphatic carbocycles. The minimum atomic E-state index is -0.325. The number of carbonyl (C=O) groups excluding carboxylic acids is 1. The Morgan fingerprint density at radius 3 is 3.00 bits per heavy atom. The SMILES string of the molecule is CCOC(=O)c1nc(CN2CCC(N)CC2)cs1. The maximum atomic E-state index is 11.5. The van der Waals surface area contributed by atoms with Crippen LogP contribution in [-0.2, 0) is 11.3 Å². The summed E-state index contributed by atoms with van der Waals surface area (Å²) < 4.78 is 4.92. The first kappa shape index (κ1) is 13.5. The van der Waals surface area contributed by atoms with Crippen LogP contribution in [0.5, 0.6) is 0 Å². The molecule has 0 bridgehead atoms. The van der Waals surface area contributed by atoms with Crippen molar-refractivity contribution in [2.24, 2.45) is 5.73 Å². The number of piperidine rings is 1. The number of esters is 1. The van der Waals surface area contributed by atoms with Gasteiger partial charge < -0.3 is 10.5 Å². The molecule has 0 amide bonds. The zero-order chi connectivity index (χ0) is 13.0. The Bertz CT molecular complexity index is 400. The smallest absolute Gasteiger partial charge is 0.367 e. The summed E-state index contributed by atoms with van der Waals surface area (Å²) in [4.78, 5) is 18.1. The maximum absolute atomic E-state index is 11.5. The highest BCUT2D eigenvalue weighted by Crippen LogP contribution is 2.16. The van der Waals surface area contributed by atoms with E-state index in [2.05, 4.69) is 9.88 Å². The van der Waals surface area contributed by atoms with Gasteiger partial charge in [0.25, 0.3) is 0 Å². The van der Waals surface area contributed by atoms with E-state index in [1.54, 1.807) is 6.92 Å². The second kappa shape index (κ2) is 6.26. The lowest BCUT2D eigenvalue weighted by atomic mass is 10.1. The number of likely N-dealkylation sites (tertiary alicyclic amines) is 1. The molecule has 1 aliphatic heterocycles. The summed E-state index contributed by atoms with van der Waals surface area (Å²) in [6, 6.07) is 0.340. The van der Waals surface area contributed by atoms with Gasteiger partial charge in [0.15, 0.2) is 0 Å². The van der Waals surface area contributed by atoms with E-state index >= 15 is 0 Å². The minimum absolute atomic E-state index is 0.325. The van der Waals surface area contributed by atoms with Gasteiger partial charge in [-0.25, -0.2) is 9.78 Å². The summed E-state index contributed by atoms with van der Waals surface area (Å²) in [5, 5.41) is 2.38. The van der Waals surface area contributed by atoms with E-state index in [1.165, 1.54) is 11.3 Å². The number of nitrogens with zero attached hydrogens (tertiary/aromatic N) is 2. The number of thiazole rings is 1. The van der Waals surface area contributed by atoms with E-state index < -0.39 is 0 Å². The first-order valence-corrected chi connectivity index (χ1v) is 7.16. The highest BCUT2D eigenvalue weighted by atomic mass is 32.1. The van der Waals surface area contributed by atoms with Gasteiger partial charge in [-0.2, -0.15) is 0 Å². The van der Waals surface area contributed by atoms with Crippen LogP contribution in [0, 0.1) is 0 Å². The van der Waals surface area contributed by atoms with E-state index in [0.717, 1.165) is 38.2 Å². The van der Waals surface area contributed by atoms with E-state index in [-0.39, 0.29) is 5.97 Å². The van der Waals surface area contributed by atoms with Gasteiger partial charge in [-0.3, -0.25) is 4.90 Å². The third kappa shape index (κ3) is 3.51. The topological polar surface area (TPSA) is 68.5 Å². The second-order valence-electron chi connectivity index (χ2n) is 4.48. The number of rotatable bonds is 4. The number of hydrogen-bond donors (Lipinski definition) is 1. The molecule has 0 radical (unpaired) electrons. The van der Waals surface area contributed by atoms with Crippen molar-refractivity contribution >= 4 is 17.3 Å². The van der Waals surface area contributed by atoms with Gasteiger partial charge in [0.1, 0.15) is 0 Å². The van der Waals surface area contributed by atoms with Crippen molar-refractivity contribution in [2.45, 2.75) is 32.4 Å². The number of ether oxygens (including phenoxy) is 1. The quantitative estimate of drug-likeness (QED) is 0.833. The van der Waals surface area contributed by atoms with Crippen LogP contribution >= 0.6 is 11.3 Å². The fraction of sp³-hybridized carbons (Fsp3) is 0.667. The lowest BCUT2D eigenvalue weighted by molar-refractivity contribution is 0.0525. The number of nitrogens with two attached hydrogens (primary N) is 1. The summed E-state index contributed by atoms with van der Waals surface area (Å²) in [5.41, 5.74) is 6.81. The summed E-state index contributed by atoms with van der Waals surface area (Å²) >= 11 is 1.35. The monoisotopic (exact) mass is 269 g/mol. The summed E-state index contributed by atoms with van der Waals surface area (Å²) in [6.07, 6.45) is 2.07. The average molecular weight is 269 g/mol. The van der Waals surface area contributed by atoms with Crippen LogP contribution in [0.25, 0.3) is 0 Å². The Hall–Kier alpha value is -0.980. The fourth-order valence-corrected chi connectivity index (χ4v) is 2.71. The van der Waals surface area contributed by atoms with Crippen molar-refractivity contribution in [1.82, 2.24) is 9.88 Å². The minimum Gasteiger partial charge on any atom is -0.461 e. The molecule has 1 aromatic rings. The van der Waals surface area contributed by atoms with Gasteiger partial charge in [-0.05, 0) is 19.8 Å². The molecule has 100 valence electrons. The van der Waals surface area contributed by atoms with Crippen LogP contribution in [0.15, 0.2) is 5.38 Å². The summed E-state index contributed by atoms with van der Waals surface area (Å²) in [5.74, 6) is -0.325. The van der Waals surface area contributed by atoms with Crippen LogP contribution in [0.4, 0.5) is 0 Å². The highest BCUT2D eigenvalue weighted by Gasteiger charge is 2.18. The Labute approximate surface area is 111 Å². The normalized spacial score (nSPS) is 17.9. The van der Waals surface area contributed by atoms with Crippen LogP contribution < -0.4 is 5.73 Å². The van der Waals surface area contributed by atoms with E-state index in [4.69, 9.17) is 10.5 Å². The molecule has 0 unspecified atom stereocenters. The van der Waals surface area contributed by atoms with Gasteiger partial charge in [0.2, 0.25) is 5.01 Å². The molecule has 2 rings (SSSR count). The predicted molar refractivity (Wildman–Crippen MR) is 70.6 cm³/mol. The van der Waals surface area contributed by atoms with Gasteiger partial charge in [0, 0.05) is 31.1 Å². The predicted octanol–water partition coefficient (Wildman–Crippen LogP) is 1.24. The molecule has 0 saturated carbocycles. The lowest BCUT2D eigenvalue weighted by Crippen LogP contribution is -2.39. The Morgan fingerprint density at radius 2 is 2.33 bits per heavy atom. The van der Waals surface area contributed by atoms with Crippen molar-refractivity contribution < 1.29 is 9.53 Å². The molecule has 2 N–H and O–H groups in total. The third-order valence-corrected chi connectivity index (χ3v) is 3.89. The van der Waals surface area contributed by atoms with Crippen molar-refractivity contribution in [2.75, 3.05) is 19.7 Å². The third-order valence-electron chi connectivity index (χ3n) is 3.02. The molecular formula is C12H19N3O2S. The van der Waals surface area contributed by atoms with Gasteiger partial charge in [0.05, 0.1) is 12.3 Å². The molecule has 1 fully saturated rings. The molecule has 0 aromatic carbocycles. The molecule has 0 spiro atoms. The molecule has 1 aromatic heterocycles. The van der Waals surface area contributed by atoms with Crippen LogP contribution in [0.3, 0.4) is 0 Å². The lowest BCUT2D eigenvalue weighted by Gasteiger charge is -2.29. The Morgan fingerprint density at radius 1 is 1.61 bits per heavy atom. The zero-order valence-corrected chi connectivity index (χ0v) is 11.4. The van der Waals surface area contributed by atoms with Crippen LogP contribution in [0.1, 0.15) is 35.3 Å². The molecule has 1 aliphatic rings. The standard InChI is InChI=1S/C12H19N3O2S/c1-2-17-12(16)11-14-10(8-18-11)7-15-5-3-9(13)4-6-15/h8-9H,2-7,13H2,1H3. The molecule has 2 heterocycles.